The molecular weight excluding hydrogens is 474 g/mol. The van der Waals surface area contributed by atoms with Crippen LogP contribution in [-0.2, 0) is 9.53 Å². The van der Waals surface area contributed by atoms with Gasteiger partial charge >= 0.3 is 5.97 Å². The van der Waals surface area contributed by atoms with Gasteiger partial charge in [0.1, 0.15) is 16.7 Å². The van der Waals surface area contributed by atoms with E-state index in [0.29, 0.717) is 11.3 Å². The summed E-state index contributed by atoms with van der Waals surface area (Å²) in [7, 11) is 1.43. The Hall–Kier alpha value is -3.72. The summed E-state index contributed by atoms with van der Waals surface area (Å²) in [4.78, 5) is 16.9. The Labute approximate surface area is 214 Å². The highest BCUT2D eigenvalue weighted by Crippen LogP contribution is 2.33. The molecule has 0 bridgehead atoms. The molecule has 3 heterocycles. The van der Waals surface area contributed by atoms with E-state index in [0.717, 1.165) is 53.5 Å². The van der Waals surface area contributed by atoms with Gasteiger partial charge in [-0.1, -0.05) is 32.0 Å². The number of aromatic hydroxyl groups is 1. The molecule has 8 nitrogen and oxygen atoms in total. The molecule has 1 aliphatic heterocycles. The molecular formula is C27H29N5O3S. The third kappa shape index (κ3) is 4.70. The van der Waals surface area contributed by atoms with Crippen LogP contribution in [0, 0.1) is 5.92 Å². The number of phenols is 1. The van der Waals surface area contributed by atoms with Crippen molar-refractivity contribution in [3.05, 3.63) is 60.3 Å². The molecule has 0 aliphatic carbocycles. The molecule has 186 valence electrons. The SMILES string of the molecule is COC(=O)C(c1cc(N2CCN(c3ccc4cc(-c5ccccc5O)nnc4c3)CC2)sn1)C(C)C. The summed E-state index contributed by atoms with van der Waals surface area (Å²) >= 11 is 1.44. The van der Waals surface area contributed by atoms with E-state index in [9.17, 15) is 9.90 Å². The Morgan fingerprint density at radius 1 is 1.00 bits per heavy atom. The smallest absolute Gasteiger partial charge is 0.315 e. The Kier molecular flexibility index (Phi) is 6.73. The first-order valence-corrected chi connectivity index (χ1v) is 12.8. The highest BCUT2D eigenvalue weighted by molar-refractivity contribution is 7.10. The molecule has 0 saturated carbocycles. The quantitative estimate of drug-likeness (QED) is 0.379. The van der Waals surface area contributed by atoms with Crippen LogP contribution in [0.25, 0.3) is 22.2 Å². The van der Waals surface area contributed by atoms with Crippen LogP contribution in [0.3, 0.4) is 0 Å². The Morgan fingerprint density at radius 2 is 1.75 bits per heavy atom. The molecule has 1 atom stereocenters. The number of hydrogen-bond donors (Lipinski definition) is 1. The topological polar surface area (TPSA) is 91.7 Å². The van der Waals surface area contributed by atoms with Crippen LogP contribution in [0.1, 0.15) is 25.5 Å². The molecule has 4 aromatic rings. The van der Waals surface area contributed by atoms with Crippen molar-refractivity contribution in [2.45, 2.75) is 19.8 Å². The first-order chi connectivity index (χ1) is 17.4. The number of para-hydroxylation sites is 1. The molecule has 0 amide bonds. The standard InChI is InChI=1S/C27H29N5O3S/c1-17(2)26(27(34)35-3)23-16-25(36-30-23)32-12-10-31(11-13-32)19-9-8-18-14-22(29-28-21(18)15-19)20-6-4-5-7-24(20)33/h4-9,14-17,26,33H,10-13H2,1-3H3. The van der Waals surface area contributed by atoms with Gasteiger partial charge in [0, 0.05) is 42.8 Å². The van der Waals surface area contributed by atoms with Crippen molar-refractivity contribution in [2.75, 3.05) is 43.1 Å². The van der Waals surface area contributed by atoms with Gasteiger partial charge in [0.2, 0.25) is 0 Å². The van der Waals surface area contributed by atoms with Crippen molar-refractivity contribution in [3.8, 4) is 17.0 Å². The minimum atomic E-state index is -0.341. The second kappa shape index (κ2) is 10.1. The largest absolute Gasteiger partial charge is 0.507 e. The lowest BCUT2D eigenvalue weighted by Gasteiger charge is -2.36. The highest BCUT2D eigenvalue weighted by Gasteiger charge is 2.29. The molecule has 5 rings (SSSR count). The number of benzene rings is 2. The van der Waals surface area contributed by atoms with Crippen LogP contribution in [0.2, 0.25) is 0 Å². The molecule has 1 aliphatic rings. The van der Waals surface area contributed by atoms with E-state index in [4.69, 9.17) is 4.74 Å². The summed E-state index contributed by atoms with van der Waals surface area (Å²) in [5.41, 5.74) is 4.05. The van der Waals surface area contributed by atoms with E-state index in [1.807, 2.05) is 38.1 Å². The van der Waals surface area contributed by atoms with Gasteiger partial charge in [-0.15, -0.1) is 10.2 Å². The maximum atomic E-state index is 12.2. The normalized spacial score (nSPS) is 14.9. The number of piperazine rings is 1. The Balaban J connectivity index is 1.28. The monoisotopic (exact) mass is 503 g/mol. The van der Waals surface area contributed by atoms with E-state index >= 15 is 0 Å². The van der Waals surface area contributed by atoms with Crippen molar-refractivity contribution >= 4 is 39.1 Å². The third-order valence-electron chi connectivity index (χ3n) is 6.66. The van der Waals surface area contributed by atoms with Gasteiger partial charge in [-0.25, -0.2) is 0 Å². The summed E-state index contributed by atoms with van der Waals surface area (Å²) in [6.07, 6.45) is 0. The summed E-state index contributed by atoms with van der Waals surface area (Å²) in [6, 6.07) is 17.4. The number of nitrogens with zero attached hydrogens (tertiary/aromatic N) is 5. The van der Waals surface area contributed by atoms with E-state index in [1.54, 1.807) is 12.1 Å². The zero-order chi connectivity index (χ0) is 25.2. The fourth-order valence-corrected chi connectivity index (χ4v) is 5.50. The predicted molar refractivity (Wildman–Crippen MR) is 143 cm³/mol. The number of ether oxygens (including phenoxy) is 1. The molecule has 9 heteroatoms. The highest BCUT2D eigenvalue weighted by atomic mass is 32.1. The first kappa shape index (κ1) is 24.0. The lowest BCUT2D eigenvalue weighted by molar-refractivity contribution is -0.143. The Bertz CT molecular complexity index is 1380. The number of esters is 1. The van der Waals surface area contributed by atoms with Gasteiger partial charge in [-0.3, -0.25) is 4.79 Å². The number of aromatic nitrogens is 3. The van der Waals surface area contributed by atoms with Crippen LogP contribution in [0.5, 0.6) is 5.75 Å². The van der Waals surface area contributed by atoms with Gasteiger partial charge < -0.3 is 19.6 Å². The van der Waals surface area contributed by atoms with Crippen molar-refractivity contribution in [1.29, 1.82) is 0 Å². The van der Waals surface area contributed by atoms with Crippen LogP contribution in [0.4, 0.5) is 10.7 Å². The number of rotatable bonds is 6. The van der Waals surface area contributed by atoms with Crippen molar-refractivity contribution in [2.24, 2.45) is 5.92 Å². The summed E-state index contributed by atoms with van der Waals surface area (Å²) < 4.78 is 9.58. The molecule has 1 N–H and O–H groups in total. The van der Waals surface area contributed by atoms with E-state index in [2.05, 4.69) is 42.6 Å². The van der Waals surface area contributed by atoms with E-state index in [1.165, 1.54) is 18.6 Å². The van der Waals surface area contributed by atoms with Crippen molar-refractivity contribution in [1.82, 2.24) is 14.6 Å². The van der Waals surface area contributed by atoms with Gasteiger partial charge in [0.05, 0.1) is 24.0 Å². The number of hydrogen-bond acceptors (Lipinski definition) is 9. The number of fused-ring (bicyclic) bond motifs is 1. The number of carbonyl (C=O) groups excluding carboxylic acids is 1. The lowest BCUT2D eigenvalue weighted by atomic mass is 9.93. The van der Waals surface area contributed by atoms with Crippen LogP contribution in [-0.4, -0.2) is 58.9 Å². The van der Waals surface area contributed by atoms with Gasteiger partial charge in [-0.2, -0.15) is 4.37 Å². The molecule has 2 aromatic heterocycles. The number of methoxy groups -OCH3 is 1. The number of phenolic OH excluding ortho intramolecular Hbond substituents is 1. The fourth-order valence-electron chi connectivity index (χ4n) is 4.66. The molecule has 2 aromatic carbocycles. The maximum absolute atomic E-state index is 12.2. The third-order valence-corrected chi connectivity index (χ3v) is 7.53. The van der Waals surface area contributed by atoms with Gasteiger partial charge in [0.25, 0.3) is 0 Å². The first-order valence-electron chi connectivity index (χ1n) is 12.0. The van der Waals surface area contributed by atoms with Crippen molar-refractivity contribution < 1.29 is 14.6 Å². The minimum absolute atomic E-state index is 0.120. The fraction of sp³-hybridized carbons (Fsp3) is 0.333. The minimum Gasteiger partial charge on any atom is -0.507 e. The van der Waals surface area contributed by atoms with Crippen LogP contribution in [0.15, 0.2) is 54.6 Å². The summed E-state index contributed by atoms with van der Waals surface area (Å²) in [5.74, 6) is -0.265. The zero-order valence-electron chi connectivity index (χ0n) is 20.6. The molecule has 1 fully saturated rings. The van der Waals surface area contributed by atoms with Gasteiger partial charge in [0.15, 0.2) is 0 Å². The number of carbonyl (C=O) groups is 1. The summed E-state index contributed by atoms with van der Waals surface area (Å²) in [5, 5.41) is 21.0. The lowest BCUT2D eigenvalue weighted by Crippen LogP contribution is -2.46. The molecule has 36 heavy (non-hydrogen) atoms. The van der Waals surface area contributed by atoms with E-state index < -0.39 is 0 Å². The van der Waals surface area contributed by atoms with Crippen molar-refractivity contribution in [3.63, 3.8) is 0 Å². The average molecular weight is 504 g/mol. The summed E-state index contributed by atoms with van der Waals surface area (Å²) in [6.45, 7) is 7.49. The molecule has 1 saturated heterocycles. The zero-order valence-corrected chi connectivity index (χ0v) is 21.4. The molecule has 1 unspecified atom stereocenters. The van der Waals surface area contributed by atoms with Gasteiger partial charge in [-0.05, 0) is 53.8 Å². The maximum Gasteiger partial charge on any atom is 0.315 e. The molecule has 0 radical (unpaired) electrons. The van der Waals surface area contributed by atoms with Crippen LogP contribution >= 0.6 is 11.5 Å². The predicted octanol–water partition coefficient (Wildman–Crippen LogP) is 4.70. The van der Waals surface area contributed by atoms with Crippen LogP contribution < -0.4 is 9.80 Å². The Morgan fingerprint density at radius 3 is 2.47 bits per heavy atom. The second-order valence-corrected chi connectivity index (χ2v) is 10.1. The van der Waals surface area contributed by atoms with E-state index in [-0.39, 0.29) is 23.6 Å². The second-order valence-electron chi connectivity index (χ2n) is 9.30. The number of anilines is 2. The average Bonchev–Trinajstić information content (AvgIpc) is 3.37. The molecule has 0 spiro atoms.